The summed E-state index contributed by atoms with van der Waals surface area (Å²) in [5, 5.41) is 8.20. The van der Waals surface area contributed by atoms with Crippen molar-refractivity contribution in [1.82, 2.24) is 4.90 Å². The quantitative estimate of drug-likeness (QED) is 0.542. The van der Waals surface area contributed by atoms with Crippen molar-refractivity contribution in [2.45, 2.75) is 58.9 Å². The van der Waals surface area contributed by atoms with Crippen LogP contribution in [0.1, 0.15) is 52.9 Å². The zero-order valence-corrected chi connectivity index (χ0v) is 9.84. The SMILES string of the molecule is CCCN(C(=N)C1CCCC1)C(C)C. The van der Waals surface area contributed by atoms with Gasteiger partial charge < -0.3 is 4.90 Å². The average molecular weight is 196 g/mol. The van der Waals surface area contributed by atoms with Crippen LogP contribution in [0.15, 0.2) is 0 Å². The van der Waals surface area contributed by atoms with Crippen LogP contribution in [0.3, 0.4) is 0 Å². The lowest BCUT2D eigenvalue weighted by atomic mass is 10.0. The van der Waals surface area contributed by atoms with E-state index >= 15 is 0 Å². The fraction of sp³-hybridized carbons (Fsp3) is 0.917. The molecule has 1 saturated carbocycles. The minimum absolute atomic E-state index is 0.489. The highest BCUT2D eigenvalue weighted by Crippen LogP contribution is 2.27. The summed E-state index contributed by atoms with van der Waals surface area (Å²) >= 11 is 0. The third kappa shape index (κ3) is 2.73. The maximum atomic E-state index is 8.20. The standard InChI is InChI=1S/C12H24N2/c1-4-9-14(10(2)3)12(13)11-7-5-6-8-11/h10-11,13H,4-9H2,1-3H3. The fourth-order valence-electron chi connectivity index (χ4n) is 2.33. The molecule has 0 bridgehead atoms. The summed E-state index contributed by atoms with van der Waals surface area (Å²) < 4.78 is 0. The summed E-state index contributed by atoms with van der Waals surface area (Å²) in [6, 6.07) is 0.489. The molecule has 0 spiro atoms. The van der Waals surface area contributed by atoms with Crippen molar-refractivity contribution >= 4 is 5.84 Å². The van der Waals surface area contributed by atoms with Gasteiger partial charge in [-0.25, -0.2) is 0 Å². The number of nitrogens with zero attached hydrogens (tertiary/aromatic N) is 1. The lowest BCUT2D eigenvalue weighted by molar-refractivity contribution is 0.328. The van der Waals surface area contributed by atoms with Gasteiger partial charge in [0.25, 0.3) is 0 Å². The van der Waals surface area contributed by atoms with Crippen LogP contribution in [-0.4, -0.2) is 23.3 Å². The number of hydrogen-bond acceptors (Lipinski definition) is 1. The molecule has 0 aromatic carbocycles. The van der Waals surface area contributed by atoms with Gasteiger partial charge in [-0.2, -0.15) is 0 Å². The molecule has 1 aliphatic carbocycles. The number of hydrogen-bond donors (Lipinski definition) is 1. The van der Waals surface area contributed by atoms with Crippen molar-refractivity contribution in [2.75, 3.05) is 6.54 Å². The second kappa shape index (κ2) is 5.38. The molecule has 0 radical (unpaired) electrons. The van der Waals surface area contributed by atoms with E-state index in [-0.39, 0.29) is 0 Å². The van der Waals surface area contributed by atoms with E-state index in [1.165, 1.54) is 25.7 Å². The Kier molecular flexibility index (Phi) is 4.43. The van der Waals surface area contributed by atoms with Crippen molar-refractivity contribution in [3.8, 4) is 0 Å². The van der Waals surface area contributed by atoms with Gasteiger partial charge in [-0.3, -0.25) is 5.41 Å². The molecule has 1 aliphatic rings. The Morgan fingerprint density at radius 1 is 1.36 bits per heavy atom. The largest absolute Gasteiger partial charge is 0.358 e. The second-order valence-electron chi connectivity index (χ2n) is 4.65. The van der Waals surface area contributed by atoms with Gasteiger partial charge in [0.15, 0.2) is 0 Å². The molecule has 0 atom stereocenters. The molecule has 0 unspecified atom stereocenters. The van der Waals surface area contributed by atoms with Gasteiger partial charge in [-0.05, 0) is 33.1 Å². The summed E-state index contributed by atoms with van der Waals surface area (Å²) in [6.07, 6.45) is 6.28. The Bertz CT molecular complexity index is 181. The summed E-state index contributed by atoms with van der Waals surface area (Å²) in [6.45, 7) is 7.63. The van der Waals surface area contributed by atoms with E-state index in [1.54, 1.807) is 0 Å². The van der Waals surface area contributed by atoms with Crippen LogP contribution >= 0.6 is 0 Å². The Hall–Kier alpha value is -0.530. The van der Waals surface area contributed by atoms with Crippen LogP contribution < -0.4 is 0 Å². The first-order valence-electron chi connectivity index (χ1n) is 6.02. The first kappa shape index (κ1) is 11.5. The van der Waals surface area contributed by atoms with Gasteiger partial charge >= 0.3 is 0 Å². The van der Waals surface area contributed by atoms with E-state index in [0.29, 0.717) is 12.0 Å². The summed E-state index contributed by atoms with van der Waals surface area (Å²) in [5.74, 6) is 1.46. The summed E-state index contributed by atoms with van der Waals surface area (Å²) in [7, 11) is 0. The first-order valence-corrected chi connectivity index (χ1v) is 6.02. The zero-order valence-electron chi connectivity index (χ0n) is 9.84. The molecular formula is C12H24N2. The van der Waals surface area contributed by atoms with Crippen LogP contribution in [0, 0.1) is 11.3 Å². The fourth-order valence-corrected chi connectivity index (χ4v) is 2.33. The first-order chi connectivity index (χ1) is 6.66. The van der Waals surface area contributed by atoms with Crippen LogP contribution in [0.25, 0.3) is 0 Å². The van der Waals surface area contributed by atoms with E-state index in [4.69, 9.17) is 5.41 Å². The molecule has 1 fully saturated rings. The molecule has 1 rings (SSSR count). The lowest BCUT2D eigenvalue weighted by Gasteiger charge is -2.31. The van der Waals surface area contributed by atoms with Crippen molar-refractivity contribution in [1.29, 1.82) is 5.41 Å². The molecular weight excluding hydrogens is 172 g/mol. The molecule has 0 heterocycles. The molecule has 0 saturated heterocycles. The highest BCUT2D eigenvalue weighted by Gasteiger charge is 2.24. The van der Waals surface area contributed by atoms with Crippen LogP contribution in [-0.2, 0) is 0 Å². The van der Waals surface area contributed by atoms with E-state index < -0.39 is 0 Å². The normalized spacial score (nSPS) is 17.7. The predicted molar refractivity (Wildman–Crippen MR) is 61.8 cm³/mol. The average Bonchev–Trinajstić information content (AvgIpc) is 2.65. The Morgan fingerprint density at radius 2 is 1.93 bits per heavy atom. The van der Waals surface area contributed by atoms with Crippen LogP contribution in [0.2, 0.25) is 0 Å². The summed E-state index contributed by atoms with van der Waals surface area (Å²) in [5.41, 5.74) is 0. The van der Waals surface area contributed by atoms with Crippen molar-refractivity contribution in [3.05, 3.63) is 0 Å². The zero-order chi connectivity index (χ0) is 10.6. The minimum atomic E-state index is 0.489. The molecule has 0 aromatic heterocycles. The Labute approximate surface area is 88.2 Å². The van der Waals surface area contributed by atoms with Crippen LogP contribution in [0.5, 0.6) is 0 Å². The number of rotatable bonds is 4. The highest BCUT2D eigenvalue weighted by atomic mass is 15.2. The van der Waals surface area contributed by atoms with Gasteiger partial charge in [0.2, 0.25) is 0 Å². The maximum absolute atomic E-state index is 8.20. The molecule has 2 heteroatoms. The monoisotopic (exact) mass is 196 g/mol. The van der Waals surface area contributed by atoms with Crippen molar-refractivity contribution in [3.63, 3.8) is 0 Å². The Morgan fingerprint density at radius 3 is 2.36 bits per heavy atom. The topological polar surface area (TPSA) is 27.1 Å². The highest BCUT2D eigenvalue weighted by molar-refractivity contribution is 5.82. The van der Waals surface area contributed by atoms with E-state index in [0.717, 1.165) is 18.8 Å². The van der Waals surface area contributed by atoms with Crippen molar-refractivity contribution < 1.29 is 0 Å². The van der Waals surface area contributed by atoms with Gasteiger partial charge in [-0.15, -0.1) is 0 Å². The Balaban J connectivity index is 2.53. The van der Waals surface area contributed by atoms with Crippen molar-refractivity contribution in [2.24, 2.45) is 5.92 Å². The molecule has 0 amide bonds. The minimum Gasteiger partial charge on any atom is -0.358 e. The second-order valence-corrected chi connectivity index (χ2v) is 4.65. The molecule has 82 valence electrons. The van der Waals surface area contributed by atoms with Gasteiger partial charge in [-0.1, -0.05) is 19.8 Å². The lowest BCUT2D eigenvalue weighted by Crippen LogP contribution is -2.40. The summed E-state index contributed by atoms with van der Waals surface area (Å²) in [4.78, 5) is 2.27. The molecule has 0 aliphatic heterocycles. The predicted octanol–water partition coefficient (Wildman–Crippen LogP) is 3.27. The number of nitrogens with one attached hydrogen (secondary N) is 1. The maximum Gasteiger partial charge on any atom is 0.0991 e. The molecule has 0 aromatic rings. The third-order valence-electron chi connectivity index (χ3n) is 3.14. The smallest absolute Gasteiger partial charge is 0.0991 e. The third-order valence-corrected chi connectivity index (χ3v) is 3.14. The number of amidine groups is 1. The molecule has 1 N–H and O–H groups in total. The van der Waals surface area contributed by atoms with E-state index in [1.807, 2.05) is 0 Å². The molecule has 2 nitrogen and oxygen atoms in total. The van der Waals surface area contributed by atoms with E-state index in [9.17, 15) is 0 Å². The van der Waals surface area contributed by atoms with Crippen LogP contribution in [0.4, 0.5) is 0 Å². The van der Waals surface area contributed by atoms with Gasteiger partial charge in [0, 0.05) is 18.5 Å². The van der Waals surface area contributed by atoms with E-state index in [2.05, 4.69) is 25.7 Å². The van der Waals surface area contributed by atoms with Gasteiger partial charge in [0.05, 0.1) is 5.84 Å². The molecule has 14 heavy (non-hydrogen) atoms. The van der Waals surface area contributed by atoms with Gasteiger partial charge in [0.1, 0.15) is 0 Å².